The number of carbonyl (C=O) groups excluding carboxylic acids is 1. The normalized spacial score (nSPS) is 20.9. The van der Waals surface area contributed by atoms with Crippen molar-refractivity contribution in [3.8, 4) is 0 Å². The van der Waals surface area contributed by atoms with Crippen LogP contribution in [0.25, 0.3) is 0 Å². The third-order valence-electron chi connectivity index (χ3n) is 4.53. The third kappa shape index (κ3) is 2.52. The molecule has 4 nitrogen and oxygen atoms in total. The molecule has 1 aromatic rings. The van der Waals surface area contributed by atoms with E-state index in [1.807, 2.05) is 23.1 Å². The van der Waals surface area contributed by atoms with Crippen molar-refractivity contribution < 1.29 is 4.79 Å². The molecule has 0 unspecified atom stereocenters. The molecular formula is C16H23N3O. The summed E-state index contributed by atoms with van der Waals surface area (Å²) in [4.78, 5) is 16.8. The fourth-order valence-electron chi connectivity index (χ4n) is 3.23. The van der Waals surface area contributed by atoms with E-state index < -0.39 is 0 Å². The lowest BCUT2D eigenvalue weighted by molar-refractivity contribution is 0.105. The van der Waals surface area contributed by atoms with Crippen LogP contribution in [0.5, 0.6) is 0 Å². The Bertz CT molecular complexity index is 492. The number of nitrogens with one attached hydrogen (secondary N) is 1. The highest BCUT2D eigenvalue weighted by atomic mass is 16.2. The Labute approximate surface area is 120 Å². The molecule has 2 amide bonds. The Morgan fingerprint density at radius 1 is 1.20 bits per heavy atom. The number of carbonyl (C=O) groups is 1. The first-order valence-electron chi connectivity index (χ1n) is 7.54. The molecule has 108 valence electrons. The van der Waals surface area contributed by atoms with Gasteiger partial charge in [-0.2, -0.15) is 0 Å². The summed E-state index contributed by atoms with van der Waals surface area (Å²) in [5.74, 6) is 0. The number of hydrogen-bond acceptors (Lipinski definition) is 2. The van der Waals surface area contributed by atoms with Crippen LogP contribution in [0.3, 0.4) is 0 Å². The van der Waals surface area contributed by atoms with Crippen molar-refractivity contribution in [2.45, 2.75) is 45.3 Å². The molecule has 0 radical (unpaired) electrons. The van der Waals surface area contributed by atoms with Gasteiger partial charge in [0.1, 0.15) is 0 Å². The van der Waals surface area contributed by atoms with Crippen molar-refractivity contribution >= 4 is 11.7 Å². The second-order valence-corrected chi connectivity index (χ2v) is 6.08. The Hall–Kier alpha value is -1.55. The van der Waals surface area contributed by atoms with Crippen LogP contribution in [0.15, 0.2) is 24.3 Å². The van der Waals surface area contributed by atoms with Gasteiger partial charge < -0.3 is 15.1 Å². The Balaban J connectivity index is 1.68. The minimum Gasteiger partial charge on any atom is -0.317 e. The highest BCUT2D eigenvalue weighted by Gasteiger charge is 2.31. The molecule has 1 fully saturated rings. The van der Waals surface area contributed by atoms with E-state index in [9.17, 15) is 4.79 Å². The van der Waals surface area contributed by atoms with Crippen molar-refractivity contribution in [3.63, 3.8) is 0 Å². The van der Waals surface area contributed by atoms with Crippen molar-refractivity contribution in [1.82, 2.24) is 9.80 Å². The van der Waals surface area contributed by atoms with E-state index in [0.29, 0.717) is 12.1 Å². The van der Waals surface area contributed by atoms with Gasteiger partial charge in [-0.3, -0.25) is 0 Å². The van der Waals surface area contributed by atoms with E-state index in [4.69, 9.17) is 0 Å². The molecule has 4 heteroatoms. The summed E-state index contributed by atoms with van der Waals surface area (Å²) >= 11 is 0. The first-order chi connectivity index (χ1) is 9.65. The quantitative estimate of drug-likeness (QED) is 0.899. The fraction of sp³-hybridized carbons (Fsp3) is 0.562. The van der Waals surface area contributed by atoms with Gasteiger partial charge in [-0.05, 0) is 38.3 Å². The molecule has 0 aliphatic carbocycles. The minimum absolute atomic E-state index is 0.0618. The zero-order valence-corrected chi connectivity index (χ0v) is 12.3. The maximum absolute atomic E-state index is 12.3. The SMILES string of the molecule is CC(C)N1CCC(N2Cc3ccccc3NC2=O)CC1. The smallest absolute Gasteiger partial charge is 0.317 e. The Morgan fingerprint density at radius 3 is 2.60 bits per heavy atom. The van der Waals surface area contributed by atoms with Crippen LogP contribution in [0, 0.1) is 0 Å². The number of nitrogens with zero attached hydrogens (tertiary/aromatic N) is 2. The zero-order chi connectivity index (χ0) is 14.1. The molecule has 2 aliphatic heterocycles. The number of fused-ring (bicyclic) bond motifs is 1. The molecule has 0 aromatic heterocycles. The van der Waals surface area contributed by atoms with Crippen molar-refractivity contribution in [2.24, 2.45) is 0 Å². The van der Waals surface area contributed by atoms with Gasteiger partial charge in [-0.25, -0.2) is 4.79 Å². The first kappa shape index (κ1) is 13.4. The molecule has 20 heavy (non-hydrogen) atoms. The molecule has 0 atom stereocenters. The van der Waals surface area contributed by atoms with Crippen LogP contribution in [-0.4, -0.2) is 41.0 Å². The maximum Gasteiger partial charge on any atom is 0.322 e. The number of hydrogen-bond donors (Lipinski definition) is 1. The molecule has 0 bridgehead atoms. The van der Waals surface area contributed by atoms with Crippen LogP contribution in [-0.2, 0) is 6.54 Å². The lowest BCUT2D eigenvalue weighted by Gasteiger charge is -2.41. The van der Waals surface area contributed by atoms with Crippen LogP contribution < -0.4 is 5.32 Å². The van der Waals surface area contributed by atoms with Crippen molar-refractivity contribution in [3.05, 3.63) is 29.8 Å². The number of para-hydroxylation sites is 1. The fourth-order valence-corrected chi connectivity index (χ4v) is 3.23. The van der Waals surface area contributed by atoms with Crippen LogP contribution >= 0.6 is 0 Å². The molecule has 2 aliphatic rings. The molecule has 1 N–H and O–H groups in total. The summed E-state index contributed by atoms with van der Waals surface area (Å²) in [5, 5.41) is 3.01. The van der Waals surface area contributed by atoms with Gasteiger partial charge in [-0.1, -0.05) is 18.2 Å². The minimum atomic E-state index is 0.0618. The predicted octanol–water partition coefficient (Wildman–Crippen LogP) is 2.91. The summed E-state index contributed by atoms with van der Waals surface area (Å²) in [7, 11) is 0. The van der Waals surface area contributed by atoms with E-state index >= 15 is 0 Å². The van der Waals surface area contributed by atoms with Crippen LogP contribution in [0.4, 0.5) is 10.5 Å². The summed E-state index contributed by atoms with van der Waals surface area (Å²) in [6, 6.07) is 9.12. The van der Waals surface area contributed by atoms with Gasteiger partial charge in [0.05, 0.1) is 0 Å². The number of benzene rings is 1. The highest BCUT2D eigenvalue weighted by molar-refractivity contribution is 5.92. The second kappa shape index (κ2) is 5.44. The van der Waals surface area contributed by atoms with E-state index in [1.54, 1.807) is 0 Å². The van der Waals surface area contributed by atoms with Crippen molar-refractivity contribution in [1.29, 1.82) is 0 Å². The monoisotopic (exact) mass is 273 g/mol. The number of amides is 2. The summed E-state index contributed by atoms with van der Waals surface area (Å²) in [6.07, 6.45) is 2.15. The van der Waals surface area contributed by atoms with Gasteiger partial charge in [0, 0.05) is 37.4 Å². The second-order valence-electron chi connectivity index (χ2n) is 6.08. The summed E-state index contributed by atoms with van der Waals surface area (Å²) in [6.45, 7) is 7.41. The summed E-state index contributed by atoms with van der Waals surface area (Å²) in [5.41, 5.74) is 2.19. The lowest BCUT2D eigenvalue weighted by atomic mass is 10.00. The van der Waals surface area contributed by atoms with Gasteiger partial charge in [0.2, 0.25) is 0 Å². The number of likely N-dealkylation sites (tertiary alicyclic amines) is 1. The van der Waals surface area contributed by atoms with Crippen LogP contribution in [0.2, 0.25) is 0 Å². The van der Waals surface area contributed by atoms with Crippen molar-refractivity contribution in [2.75, 3.05) is 18.4 Å². The van der Waals surface area contributed by atoms with E-state index in [0.717, 1.165) is 38.2 Å². The highest BCUT2D eigenvalue weighted by Crippen LogP contribution is 2.27. The number of anilines is 1. The van der Waals surface area contributed by atoms with Gasteiger partial charge in [-0.15, -0.1) is 0 Å². The van der Waals surface area contributed by atoms with Gasteiger partial charge in [0.25, 0.3) is 0 Å². The molecule has 1 saturated heterocycles. The first-order valence-corrected chi connectivity index (χ1v) is 7.54. The van der Waals surface area contributed by atoms with E-state index in [1.165, 1.54) is 5.56 Å². The van der Waals surface area contributed by atoms with E-state index in [2.05, 4.69) is 30.1 Å². The molecule has 2 heterocycles. The summed E-state index contributed by atoms with van der Waals surface area (Å²) < 4.78 is 0. The lowest BCUT2D eigenvalue weighted by Crippen LogP contribution is -2.51. The molecule has 0 saturated carbocycles. The topological polar surface area (TPSA) is 35.6 Å². The maximum atomic E-state index is 12.3. The molecule has 3 rings (SSSR count). The van der Waals surface area contributed by atoms with Gasteiger partial charge in [0.15, 0.2) is 0 Å². The largest absolute Gasteiger partial charge is 0.322 e. The number of urea groups is 1. The zero-order valence-electron chi connectivity index (χ0n) is 12.3. The number of piperidine rings is 1. The predicted molar refractivity (Wildman–Crippen MR) is 80.7 cm³/mol. The number of rotatable bonds is 2. The Kier molecular flexibility index (Phi) is 3.66. The average molecular weight is 273 g/mol. The average Bonchev–Trinajstić information content (AvgIpc) is 2.46. The van der Waals surface area contributed by atoms with Gasteiger partial charge >= 0.3 is 6.03 Å². The molecular weight excluding hydrogens is 250 g/mol. The molecule has 0 spiro atoms. The van der Waals surface area contributed by atoms with E-state index in [-0.39, 0.29) is 6.03 Å². The third-order valence-corrected chi connectivity index (χ3v) is 4.53. The standard InChI is InChI=1S/C16H23N3O/c1-12(2)18-9-7-14(8-10-18)19-11-13-5-3-4-6-15(13)17-16(19)20/h3-6,12,14H,7-11H2,1-2H3,(H,17,20). The van der Waals surface area contributed by atoms with Crippen LogP contribution in [0.1, 0.15) is 32.3 Å². The Morgan fingerprint density at radius 2 is 1.90 bits per heavy atom. The molecule has 1 aromatic carbocycles.